The van der Waals surface area contributed by atoms with Crippen LogP contribution < -0.4 is 5.32 Å². The molecule has 0 aromatic rings. The molecule has 23 heavy (non-hydrogen) atoms. The molecule has 0 saturated heterocycles. The molecule has 0 atom stereocenters. The van der Waals surface area contributed by atoms with Crippen molar-refractivity contribution in [1.82, 2.24) is 10.2 Å². The van der Waals surface area contributed by atoms with E-state index in [1.165, 1.54) is 0 Å². The summed E-state index contributed by atoms with van der Waals surface area (Å²) in [4.78, 5) is 36.1. The van der Waals surface area contributed by atoms with E-state index in [-0.39, 0.29) is 25.0 Å². The van der Waals surface area contributed by atoms with Gasteiger partial charge in [0.2, 0.25) is 11.8 Å². The van der Waals surface area contributed by atoms with E-state index in [2.05, 4.69) is 5.32 Å². The number of nitrogens with zero attached hydrogens (tertiary/aromatic N) is 1. The number of nitrogens with one attached hydrogen (secondary N) is 1. The maximum atomic E-state index is 11.8. The molecule has 7 nitrogen and oxygen atoms in total. The third-order valence-electron chi connectivity index (χ3n) is 2.83. The zero-order chi connectivity index (χ0) is 17.9. The smallest absolute Gasteiger partial charge is 0.332 e. The topological polar surface area (TPSA) is 84.9 Å². The van der Waals surface area contributed by atoms with Crippen molar-refractivity contribution in [3.63, 3.8) is 0 Å². The van der Waals surface area contributed by atoms with Gasteiger partial charge in [-0.2, -0.15) is 0 Å². The molecule has 0 aromatic heterocycles. The molecule has 1 N–H and O–H groups in total. The second kappa shape index (κ2) is 11.0. The van der Waals surface area contributed by atoms with Gasteiger partial charge in [-0.3, -0.25) is 9.59 Å². The Bertz CT molecular complexity index is 390. The molecule has 0 aliphatic heterocycles. The highest BCUT2D eigenvalue weighted by Crippen LogP contribution is 2.06. The first kappa shape index (κ1) is 21.4. The van der Waals surface area contributed by atoms with Gasteiger partial charge in [-0.15, -0.1) is 0 Å². The molecule has 0 rings (SSSR count). The molecule has 0 saturated carbocycles. The van der Waals surface area contributed by atoms with Crippen LogP contribution in [0.2, 0.25) is 0 Å². The van der Waals surface area contributed by atoms with Gasteiger partial charge in [-0.25, -0.2) is 4.79 Å². The van der Waals surface area contributed by atoms with E-state index < -0.39 is 11.6 Å². The minimum atomic E-state index is -0.540. The van der Waals surface area contributed by atoms with E-state index in [1.807, 2.05) is 0 Å². The van der Waals surface area contributed by atoms with Crippen LogP contribution in [-0.4, -0.2) is 61.1 Å². The molecule has 0 aliphatic carbocycles. The van der Waals surface area contributed by atoms with E-state index in [0.29, 0.717) is 32.5 Å². The zero-order valence-corrected chi connectivity index (χ0v) is 14.9. The third kappa shape index (κ3) is 11.6. The second-order valence-corrected chi connectivity index (χ2v) is 6.08. The van der Waals surface area contributed by atoms with Gasteiger partial charge >= 0.3 is 5.97 Å². The average molecular weight is 330 g/mol. The van der Waals surface area contributed by atoms with Gasteiger partial charge in [0.05, 0.1) is 6.61 Å². The first-order valence-corrected chi connectivity index (χ1v) is 8.03. The van der Waals surface area contributed by atoms with Gasteiger partial charge in [-0.1, -0.05) is 13.8 Å². The molecule has 0 spiro atoms. The Labute approximate surface area is 138 Å². The van der Waals surface area contributed by atoms with Crippen LogP contribution in [0.4, 0.5) is 0 Å². The van der Waals surface area contributed by atoms with E-state index in [9.17, 15) is 14.4 Å². The van der Waals surface area contributed by atoms with Gasteiger partial charge in [-0.05, 0) is 20.8 Å². The first-order valence-electron chi connectivity index (χ1n) is 8.03. The number of amides is 2. The number of hydrogen-bond acceptors (Lipinski definition) is 5. The van der Waals surface area contributed by atoms with Crippen molar-refractivity contribution < 1.29 is 23.9 Å². The Kier molecular flexibility index (Phi) is 10.2. The maximum Gasteiger partial charge on any atom is 0.332 e. The number of esters is 1. The van der Waals surface area contributed by atoms with Gasteiger partial charge in [0.1, 0.15) is 12.2 Å². The molecular formula is C16H30N2O5. The zero-order valence-electron chi connectivity index (χ0n) is 14.9. The summed E-state index contributed by atoms with van der Waals surface area (Å²) in [7, 11) is 0. The summed E-state index contributed by atoms with van der Waals surface area (Å²) < 4.78 is 10.4. The molecule has 0 radical (unpaired) electrons. The van der Waals surface area contributed by atoms with Crippen molar-refractivity contribution in [2.45, 2.75) is 53.1 Å². The molecule has 0 heterocycles. The summed E-state index contributed by atoms with van der Waals surface area (Å²) in [5, 5.41) is 2.73. The van der Waals surface area contributed by atoms with Crippen molar-refractivity contribution in [1.29, 1.82) is 0 Å². The molecule has 0 aromatic carbocycles. The SMILES string of the molecule is CCC(=O)NCCN(CCOCC(=O)OC(C)(C)C)C(=O)CC. The highest BCUT2D eigenvalue weighted by Gasteiger charge is 2.16. The minimum absolute atomic E-state index is 0.0170. The third-order valence-corrected chi connectivity index (χ3v) is 2.83. The average Bonchev–Trinajstić information content (AvgIpc) is 2.46. The summed E-state index contributed by atoms with van der Waals surface area (Å²) >= 11 is 0. The second-order valence-electron chi connectivity index (χ2n) is 6.08. The van der Waals surface area contributed by atoms with Gasteiger partial charge in [0, 0.05) is 32.5 Å². The highest BCUT2D eigenvalue weighted by molar-refractivity contribution is 5.76. The Morgan fingerprint density at radius 2 is 1.70 bits per heavy atom. The normalized spacial score (nSPS) is 11.0. The van der Waals surface area contributed by atoms with Crippen molar-refractivity contribution in [3.05, 3.63) is 0 Å². The minimum Gasteiger partial charge on any atom is -0.458 e. The molecular weight excluding hydrogens is 300 g/mol. The fraction of sp³-hybridized carbons (Fsp3) is 0.812. The predicted molar refractivity (Wildman–Crippen MR) is 86.8 cm³/mol. The standard InChI is InChI=1S/C16H30N2O5/c1-6-13(19)17-8-9-18(14(20)7-2)10-11-22-12-15(21)23-16(3,4)5/h6-12H2,1-5H3,(H,17,19). The molecule has 0 unspecified atom stereocenters. The fourth-order valence-electron chi connectivity index (χ4n) is 1.74. The number of ether oxygens (including phenoxy) is 2. The van der Waals surface area contributed by atoms with Crippen LogP contribution in [0.15, 0.2) is 0 Å². The van der Waals surface area contributed by atoms with E-state index in [1.54, 1.807) is 39.5 Å². The van der Waals surface area contributed by atoms with Crippen LogP contribution in [0.5, 0.6) is 0 Å². The van der Waals surface area contributed by atoms with Gasteiger partial charge < -0.3 is 19.7 Å². The number of carbonyl (C=O) groups is 3. The van der Waals surface area contributed by atoms with Crippen LogP contribution in [0.3, 0.4) is 0 Å². The first-order chi connectivity index (χ1) is 10.7. The van der Waals surface area contributed by atoms with E-state index >= 15 is 0 Å². The monoisotopic (exact) mass is 330 g/mol. The molecule has 0 fully saturated rings. The summed E-state index contributed by atoms with van der Waals surface area (Å²) in [6.45, 7) is 10.2. The molecule has 134 valence electrons. The quantitative estimate of drug-likeness (QED) is 0.479. The predicted octanol–water partition coefficient (Wildman–Crippen LogP) is 1.11. The summed E-state index contributed by atoms with van der Waals surface area (Å²) in [6.07, 6.45) is 0.800. The number of hydrogen-bond donors (Lipinski definition) is 1. The van der Waals surface area contributed by atoms with Crippen molar-refractivity contribution in [2.24, 2.45) is 0 Å². The Morgan fingerprint density at radius 3 is 2.22 bits per heavy atom. The lowest BCUT2D eigenvalue weighted by Gasteiger charge is -2.23. The summed E-state index contributed by atoms with van der Waals surface area (Å²) in [6, 6.07) is 0. The molecule has 0 bridgehead atoms. The summed E-state index contributed by atoms with van der Waals surface area (Å²) in [5.41, 5.74) is -0.540. The Hall–Kier alpha value is -1.63. The molecule has 2 amide bonds. The van der Waals surface area contributed by atoms with Crippen molar-refractivity contribution >= 4 is 17.8 Å². The van der Waals surface area contributed by atoms with Crippen molar-refractivity contribution in [3.8, 4) is 0 Å². The lowest BCUT2D eigenvalue weighted by molar-refractivity contribution is -0.160. The van der Waals surface area contributed by atoms with Crippen LogP contribution in [0.1, 0.15) is 47.5 Å². The largest absolute Gasteiger partial charge is 0.458 e. The Morgan fingerprint density at radius 1 is 1.04 bits per heavy atom. The van der Waals surface area contributed by atoms with Gasteiger partial charge in [0.25, 0.3) is 0 Å². The van der Waals surface area contributed by atoms with Crippen LogP contribution in [0, 0.1) is 0 Å². The van der Waals surface area contributed by atoms with E-state index in [0.717, 1.165) is 0 Å². The fourth-order valence-corrected chi connectivity index (χ4v) is 1.74. The molecule has 7 heteroatoms. The van der Waals surface area contributed by atoms with Gasteiger partial charge in [0.15, 0.2) is 0 Å². The number of carbonyl (C=O) groups excluding carboxylic acids is 3. The molecule has 0 aliphatic rings. The highest BCUT2D eigenvalue weighted by atomic mass is 16.6. The van der Waals surface area contributed by atoms with Crippen LogP contribution in [0.25, 0.3) is 0 Å². The Balaban J connectivity index is 4.08. The maximum absolute atomic E-state index is 11.8. The van der Waals surface area contributed by atoms with Crippen LogP contribution in [-0.2, 0) is 23.9 Å². The van der Waals surface area contributed by atoms with Crippen LogP contribution >= 0.6 is 0 Å². The van der Waals surface area contributed by atoms with E-state index in [4.69, 9.17) is 9.47 Å². The summed E-state index contributed by atoms with van der Waals surface area (Å²) in [5.74, 6) is -0.493. The van der Waals surface area contributed by atoms with Crippen molar-refractivity contribution in [2.75, 3.05) is 32.8 Å². The lowest BCUT2D eigenvalue weighted by atomic mass is 10.2. The lowest BCUT2D eigenvalue weighted by Crippen LogP contribution is -2.40. The number of rotatable bonds is 10.